The van der Waals surface area contributed by atoms with E-state index in [4.69, 9.17) is 0 Å². The summed E-state index contributed by atoms with van der Waals surface area (Å²) in [5.74, 6) is 0.298. The molecule has 0 saturated heterocycles. The van der Waals surface area contributed by atoms with Gasteiger partial charge in [0.05, 0.1) is 11.1 Å². The molecular formula is C11H13N5O2. The summed E-state index contributed by atoms with van der Waals surface area (Å²) in [5.41, 5.74) is 1.06. The molecule has 0 unspecified atom stereocenters. The number of nitrogens with zero attached hydrogens (tertiary/aromatic N) is 4. The van der Waals surface area contributed by atoms with Gasteiger partial charge in [0.15, 0.2) is 0 Å². The Morgan fingerprint density at radius 1 is 1.56 bits per heavy atom. The van der Waals surface area contributed by atoms with Crippen LogP contribution in [0.4, 0.5) is 11.5 Å². The number of nitro groups is 1. The first kappa shape index (κ1) is 12.0. The van der Waals surface area contributed by atoms with Crippen LogP contribution >= 0.6 is 0 Å². The maximum atomic E-state index is 10.8. The van der Waals surface area contributed by atoms with Gasteiger partial charge in [-0.3, -0.25) is 14.8 Å². The average molecular weight is 247 g/mol. The predicted molar refractivity (Wildman–Crippen MR) is 66.3 cm³/mol. The lowest BCUT2D eigenvalue weighted by Crippen LogP contribution is -2.08. The maximum absolute atomic E-state index is 10.8. The second-order valence-corrected chi connectivity index (χ2v) is 3.83. The van der Waals surface area contributed by atoms with Crippen LogP contribution in [0.3, 0.4) is 0 Å². The van der Waals surface area contributed by atoms with Crippen LogP contribution in [-0.2, 0) is 13.5 Å². The van der Waals surface area contributed by atoms with Gasteiger partial charge in [0.25, 0.3) is 0 Å². The largest absolute Gasteiger partial charge is 0.364 e. The minimum atomic E-state index is -0.445. The van der Waals surface area contributed by atoms with Crippen LogP contribution in [0.25, 0.3) is 0 Å². The van der Waals surface area contributed by atoms with Crippen molar-refractivity contribution in [1.29, 1.82) is 0 Å². The van der Waals surface area contributed by atoms with Crippen LogP contribution in [-0.4, -0.2) is 26.2 Å². The van der Waals surface area contributed by atoms with E-state index in [0.29, 0.717) is 12.4 Å². The van der Waals surface area contributed by atoms with Crippen molar-refractivity contribution in [2.24, 2.45) is 7.05 Å². The van der Waals surface area contributed by atoms with E-state index in [2.05, 4.69) is 15.4 Å². The first-order chi connectivity index (χ1) is 8.66. The average Bonchev–Trinajstić information content (AvgIpc) is 2.75. The third-order valence-electron chi connectivity index (χ3n) is 2.45. The van der Waals surface area contributed by atoms with E-state index < -0.39 is 4.92 Å². The third kappa shape index (κ3) is 2.82. The summed E-state index contributed by atoms with van der Waals surface area (Å²) < 4.78 is 1.72. The first-order valence-corrected chi connectivity index (χ1v) is 5.47. The molecule has 94 valence electrons. The molecule has 0 fully saturated rings. The van der Waals surface area contributed by atoms with Crippen LogP contribution in [0.2, 0.25) is 0 Å². The van der Waals surface area contributed by atoms with Gasteiger partial charge < -0.3 is 5.32 Å². The van der Waals surface area contributed by atoms with Crippen molar-refractivity contribution < 1.29 is 4.92 Å². The second-order valence-electron chi connectivity index (χ2n) is 3.83. The smallest absolute Gasteiger partial charge is 0.311 e. The summed E-state index contributed by atoms with van der Waals surface area (Å²) in [6.45, 7) is 0.573. The molecule has 0 amide bonds. The molecule has 1 N–H and O–H groups in total. The fourth-order valence-electron chi connectivity index (χ4n) is 1.61. The molecule has 7 nitrogen and oxygen atoms in total. The van der Waals surface area contributed by atoms with Gasteiger partial charge in [0, 0.05) is 32.1 Å². The Morgan fingerprint density at radius 3 is 3.06 bits per heavy atom. The summed E-state index contributed by atoms with van der Waals surface area (Å²) in [7, 11) is 1.85. The van der Waals surface area contributed by atoms with Gasteiger partial charge >= 0.3 is 5.69 Å². The van der Waals surface area contributed by atoms with Crippen molar-refractivity contribution in [3.63, 3.8) is 0 Å². The minimum Gasteiger partial charge on any atom is -0.364 e. The molecule has 2 aromatic rings. The number of aryl methyl sites for hydroxylation is 1. The molecule has 0 atom stereocenters. The van der Waals surface area contributed by atoms with Crippen molar-refractivity contribution in [3.8, 4) is 0 Å². The maximum Gasteiger partial charge on any atom is 0.311 e. The van der Waals surface area contributed by atoms with Crippen molar-refractivity contribution in [2.45, 2.75) is 6.42 Å². The van der Waals surface area contributed by atoms with Crippen LogP contribution in [0, 0.1) is 10.1 Å². The van der Waals surface area contributed by atoms with Crippen LogP contribution in [0.1, 0.15) is 5.56 Å². The van der Waals surface area contributed by atoms with Crippen molar-refractivity contribution in [1.82, 2.24) is 14.8 Å². The normalized spacial score (nSPS) is 10.3. The SMILES string of the molecule is Cn1cc(CCNc2ncccc2[N+](=O)[O-])cn1. The van der Waals surface area contributed by atoms with E-state index in [0.717, 1.165) is 12.0 Å². The molecule has 0 aromatic carbocycles. The van der Waals surface area contributed by atoms with Gasteiger partial charge in [0.2, 0.25) is 5.82 Å². The number of hydrogen-bond acceptors (Lipinski definition) is 5. The lowest BCUT2D eigenvalue weighted by molar-refractivity contribution is -0.384. The lowest BCUT2D eigenvalue weighted by Gasteiger charge is -2.04. The van der Waals surface area contributed by atoms with Crippen molar-refractivity contribution >= 4 is 11.5 Å². The molecule has 2 aromatic heterocycles. The molecule has 0 bridgehead atoms. The van der Waals surface area contributed by atoms with Gasteiger partial charge in [0.1, 0.15) is 0 Å². The Kier molecular flexibility index (Phi) is 3.52. The van der Waals surface area contributed by atoms with Gasteiger partial charge in [-0.15, -0.1) is 0 Å². The molecule has 0 aliphatic carbocycles. The fourth-order valence-corrected chi connectivity index (χ4v) is 1.61. The van der Waals surface area contributed by atoms with Gasteiger partial charge in [-0.2, -0.15) is 5.10 Å². The van der Waals surface area contributed by atoms with E-state index in [9.17, 15) is 10.1 Å². The number of aromatic nitrogens is 3. The Labute approximate surface area is 104 Å². The lowest BCUT2D eigenvalue weighted by atomic mass is 10.2. The summed E-state index contributed by atoms with van der Waals surface area (Å²) >= 11 is 0. The third-order valence-corrected chi connectivity index (χ3v) is 2.45. The fraction of sp³-hybridized carbons (Fsp3) is 0.273. The van der Waals surface area contributed by atoms with Gasteiger partial charge in [-0.1, -0.05) is 0 Å². The van der Waals surface area contributed by atoms with Crippen LogP contribution < -0.4 is 5.32 Å². The molecule has 0 aliphatic rings. The zero-order valence-electron chi connectivity index (χ0n) is 9.91. The Bertz CT molecular complexity index is 552. The quantitative estimate of drug-likeness (QED) is 0.637. The predicted octanol–water partition coefficient (Wildman–Crippen LogP) is 1.38. The van der Waals surface area contributed by atoms with Gasteiger partial charge in [-0.25, -0.2) is 4.98 Å². The van der Waals surface area contributed by atoms with Crippen LogP contribution in [0.5, 0.6) is 0 Å². The molecule has 2 heterocycles. The molecule has 0 aliphatic heterocycles. The number of pyridine rings is 1. The molecule has 7 heteroatoms. The molecule has 0 radical (unpaired) electrons. The highest BCUT2D eigenvalue weighted by Gasteiger charge is 2.13. The molecule has 2 rings (SSSR count). The van der Waals surface area contributed by atoms with Gasteiger partial charge in [-0.05, 0) is 18.1 Å². The summed E-state index contributed by atoms with van der Waals surface area (Å²) in [6.07, 6.45) is 5.95. The molecule has 0 spiro atoms. The van der Waals surface area contributed by atoms with Crippen molar-refractivity contribution in [3.05, 3.63) is 46.4 Å². The zero-order valence-corrected chi connectivity index (χ0v) is 9.91. The number of rotatable bonds is 5. The standard InChI is InChI=1S/C11H13N5O2/c1-15-8-9(7-14-15)4-6-13-11-10(16(17)18)3-2-5-12-11/h2-3,5,7-8H,4,6H2,1H3,(H,12,13). The Balaban J connectivity index is 1.96. The highest BCUT2D eigenvalue weighted by Crippen LogP contribution is 2.19. The summed E-state index contributed by atoms with van der Waals surface area (Å²) in [4.78, 5) is 14.3. The van der Waals surface area contributed by atoms with E-state index in [1.165, 1.54) is 12.3 Å². The van der Waals surface area contributed by atoms with Crippen LogP contribution in [0.15, 0.2) is 30.7 Å². The van der Waals surface area contributed by atoms with E-state index >= 15 is 0 Å². The Morgan fingerprint density at radius 2 is 2.39 bits per heavy atom. The van der Waals surface area contributed by atoms with Crippen molar-refractivity contribution in [2.75, 3.05) is 11.9 Å². The summed E-state index contributed by atoms with van der Waals surface area (Å²) in [5, 5.41) is 17.8. The Hall–Kier alpha value is -2.44. The highest BCUT2D eigenvalue weighted by molar-refractivity contribution is 5.55. The molecular weight excluding hydrogens is 234 g/mol. The minimum absolute atomic E-state index is 0.0105. The van der Waals surface area contributed by atoms with E-state index in [1.54, 1.807) is 16.9 Å². The van der Waals surface area contributed by atoms with E-state index in [-0.39, 0.29) is 5.69 Å². The molecule has 0 saturated carbocycles. The number of nitrogens with one attached hydrogen (secondary N) is 1. The topological polar surface area (TPSA) is 85.9 Å². The zero-order chi connectivity index (χ0) is 13.0. The van der Waals surface area contributed by atoms with E-state index in [1.807, 2.05) is 13.2 Å². The highest BCUT2D eigenvalue weighted by atomic mass is 16.6. The molecule has 18 heavy (non-hydrogen) atoms. The first-order valence-electron chi connectivity index (χ1n) is 5.47. The monoisotopic (exact) mass is 247 g/mol. The second kappa shape index (κ2) is 5.26. The number of anilines is 1. The summed E-state index contributed by atoms with van der Waals surface area (Å²) in [6, 6.07) is 2.98. The number of hydrogen-bond donors (Lipinski definition) is 1.